The topological polar surface area (TPSA) is 56.1 Å². The summed E-state index contributed by atoms with van der Waals surface area (Å²) in [5, 5.41) is 7.47. The summed E-state index contributed by atoms with van der Waals surface area (Å²) in [5.41, 5.74) is -0.0778. The summed E-state index contributed by atoms with van der Waals surface area (Å²) < 4.78 is 6.46. The molecule has 5 heteroatoms. The van der Waals surface area contributed by atoms with Gasteiger partial charge in [0.25, 0.3) is 5.56 Å². The van der Waals surface area contributed by atoms with E-state index in [9.17, 15) is 4.79 Å². The van der Waals surface area contributed by atoms with Crippen molar-refractivity contribution in [1.82, 2.24) is 15.1 Å². The Hall–Kier alpha value is -1.36. The number of ether oxygens (including phenoxy) is 1. The van der Waals surface area contributed by atoms with Crippen LogP contribution in [0.3, 0.4) is 0 Å². The Labute approximate surface area is 108 Å². The first-order valence-electron chi connectivity index (χ1n) is 6.46. The highest BCUT2D eigenvalue weighted by atomic mass is 16.5. The highest BCUT2D eigenvalue weighted by Gasteiger charge is 2.00. The zero-order valence-electron chi connectivity index (χ0n) is 11.5. The van der Waals surface area contributed by atoms with Crippen molar-refractivity contribution in [2.24, 2.45) is 5.92 Å². The third kappa shape index (κ3) is 5.31. The summed E-state index contributed by atoms with van der Waals surface area (Å²) >= 11 is 0. The van der Waals surface area contributed by atoms with Crippen LogP contribution in [0.25, 0.3) is 0 Å². The fourth-order valence-electron chi connectivity index (χ4n) is 1.60. The van der Waals surface area contributed by atoms with Crippen LogP contribution in [-0.2, 0) is 6.54 Å². The Bertz CT molecular complexity index is 401. The van der Waals surface area contributed by atoms with E-state index in [2.05, 4.69) is 24.3 Å². The normalized spacial score (nSPS) is 10.9. The van der Waals surface area contributed by atoms with Gasteiger partial charge in [-0.05, 0) is 31.8 Å². The molecule has 0 saturated carbocycles. The molecule has 1 aromatic rings. The second kappa shape index (κ2) is 7.87. The van der Waals surface area contributed by atoms with Crippen molar-refractivity contribution in [3.05, 3.63) is 22.5 Å². The minimum Gasteiger partial charge on any atom is -0.480 e. The molecule has 0 radical (unpaired) electrons. The molecule has 1 N–H and O–H groups in total. The molecule has 0 fully saturated rings. The maximum absolute atomic E-state index is 11.5. The second-order valence-corrected chi connectivity index (χ2v) is 4.74. The maximum atomic E-state index is 11.5. The van der Waals surface area contributed by atoms with Gasteiger partial charge in [-0.25, -0.2) is 4.68 Å². The van der Waals surface area contributed by atoms with Gasteiger partial charge in [0, 0.05) is 18.7 Å². The SMILES string of the molecule is COc1ccc(=O)n(CCCCNCC(C)C)n1. The van der Waals surface area contributed by atoms with Gasteiger partial charge < -0.3 is 10.1 Å². The average Bonchev–Trinajstić information content (AvgIpc) is 2.35. The summed E-state index contributed by atoms with van der Waals surface area (Å²) in [6.07, 6.45) is 1.98. The fraction of sp³-hybridized carbons (Fsp3) is 0.692. The highest BCUT2D eigenvalue weighted by molar-refractivity contribution is 5.05. The Morgan fingerprint density at radius 3 is 2.83 bits per heavy atom. The van der Waals surface area contributed by atoms with E-state index in [0.29, 0.717) is 18.3 Å². The predicted molar refractivity (Wildman–Crippen MR) is 72.0 cm³/mol. The highest BCUT2D eigenvalue weighted by Crippen LogP contribution is 2.00. The molecule has 0 saturated heterocycles. The van der Waals surface area contributed by atoms with Crippen molar-refractivity contribution in [3.63, 3.8) is 0 Å². The van der Waals surface area contributed by atoms with Gasteiger partial charge in [-0.15, -0.1) is 5.10 Å². The van der Waals surface area contributed by atoms with E-state index in [1.165, 1.54) is 10.7 Å². The number of nitrogens with zero attached hydrogens (tertiary/aromatic N) is 2. The minimum absolute atomic E-state index is 0.0778. The van der Waals surface area contributed by atoms with E-state index in [-0.39, 0.29) is 5.56 Å². The Balaban J connectivity index is 2.28. The van der Waals surface area contributed by atoms with Gasteiger partial charge in [0.05, 0.1) is 7.11 Å². The number of hydrogen-bond acceptors (Lipinski definition) is 4. The third-order valence-electron chi connectivity index (χ3n) is 2.58. The standard InChI is InChI=1S/C13H23N3O2/c1-11(2)10-14-8-4-5-9-16-13(17)7-6-12(15-16)18-3/h6-7,11,14H,4-5,8-10H2,1-3H3. The summed E-state index contributed by atoms with van der Waals surface area (Å²) in [4.78, 5) is 11.5. The molecule has 0 spiro atoms. The second-order valence-electron chi connectivity index (χ2n) is 4.74. The van der Waals surface area contributed by atoms with E-state index in [1.807, 2.05) is 0 Å². The number of methoxy groups -OCH3 is 1. The van der Waals surface area contributed by atoms with Gasteiger partial charge in [-0.3, -0.25) is 4.79 Å². The molecule has 0 aliphatic rings. The molecule has 0 atom stereocenters. The quantitative estimate of drug-likeness (QED) is 0.709. The molecule has 0 bridgehead atoms. The van der Waals surface area contributed by atoms with Crippen molar-refractivity contribution in [2.45, 2.75) is 33.2 Å². The lowest BCUT2D eigenvalue weighted by atomic mass is 10.2. The lowest BCUT2D eigenvalue weighted by molar-refractivity contribution is 0.372. The fourth-order valence-corrected chi connectivity index (χ4v) is 1.60. The maximum Gasteiger partial charge on any atom is 0.266 e. The largest absolute Gasteiger partial charge is 0.480 e. The van der Waals surface area contributed by atoms with Gasteiger partial charge in [-0.1, -0.05) is 13.8 Å². The van der Waals surface area contributed by atoms with E-state index in [0.717, 1.165) is 25.9 Å². The van der Waals surface area contributed by atoms with Crippen molar-refractivity contribution in [1.29, 1.82) is 0 Å². The molecule has 0 aliphatic heterocycles. The molecular weight excluding hydrogens is 230 g/mol. The minimum atomic E-state index is -0.0778. The van der Waals surface area contributed by atoms with Crippen molar-refractivity contribution in [3.8, 4) is 5.88 Å². The van der Waals surface area contributed by atoms with Crippen molar-refractivity contribution in [2.75, 3.05) is 20.2 Å². The van der Waals surface area contributed by atoms with Crippen LogP contribution in [0.1, 0.15) is 26.7 Å². The van der Waals surface area contributed by atoms with E-state index in [1.54, 1.807) is 13.2 Å². The zero-order chi connectivity index (χ0) is 13.4. The van der Waals surface area contributed by atoms with Crippen LogP contribution in [0.15, 0.2) is 16.9 Å². The van der Waals surface area contributed by atoms with Crippen LogP contribution in [0.2, 0.25) is 0 Å². The lowest BCUT2D eigenvalue weighted by Gasteiger charge is -2.08. The molecule has 18 heavy (non-hydrogen) atoms. The molecule has 0 aromatic carbocycles. The van der Waals surface area contributed by atoms with Gasteiger partial charge in [-0.2, -0.15) is 0 Å². The number of aryl methyl sites for hydroxylation is 1. The number of nitrogens with one attached hydrogen (secondary N) is 1. The average molecular weight is 253 g/mol. The number of unbranched alkanes of at least 4 members (excludes halogenated alkanes) is 1. The van der Waals surface area contributed by atoms with E-state index in [4.69, 9.17) is 4.74 Å². The van der Waals surface area contributed by atoms with Gasteiger partial charge in [0.15, 0.2) is 0 Å². The molecule has 0 unspecified atom stereocenters. The number of hydrogen-bond donors (Lipinski definition) is 1. The molecule has 1 aromatic heterocycles. The Morgan fingerprint density at radius 2 is 2.17 bits per heavy atom. The van der Waals surface area contributed by atoms with Crippen molar-refractivity contribution >= 4 is 0 Å². The molecule has 1 heterocycles. The molecule has 5 nitrogen and oxygen atoms in total. The van der Waals surface area contributed by atoms with Crippen LogP contribution in [0.4, 0.5) is 0 Å². The summed E-state index contributed by atoms with van der Waals surface area (Å²) in [7, 11) is 1.55. The van der Waals surface area contributed by atoms with Crippen LogP contribution in [-0.4, -0.2) is 30.0 Å². The summed E-state index contributed by atoms with van der Waals surface area (Å²) in [5.74, 6) is 1.15. The van der Waals surface area contributed by atoms with Crippen LogP contribution < -0.4 is 15.6 Å². The van der Waals surface area contributed by atoms with E-state index >= 15 is 0 Å². The van der Waals surface area contributed by atoms with Crippen LogP contribution in [0, 0.1) is 5.92 Å². The summed E-state index contributed by atoms with van der Waals surface area (Å²) in [6.45, 7) is 7.03. The predicted octanol–water partition coefficient (Wildman–Crippen LogP) is 1.28. The molecular formula is C13H23N3O2. The van der Waals surface area contributed by atoms with Crippen molar-refractivity contribution < 1.29 is 4.74 Å². The number of rotatable bonds is 8. The van der Waals surface area contributed by atoms with E-state index < -0.39 is 0 Å². The zero-order valence-corrected chi connectivity index (χ0v) is 11.5. The number of aromatic nitrogens is 2. The molecule has 0 aliphatic carbocycles. The molecule has 1 rings (SSSR count). The molecule has 0 amide bonds. The Morgan fingerprint density at radius 1 is 1.39 bits per heavy atom. The van der Waals surface area contributed by atoms with Crippen LogP contribution in [0.5, 0.6) is 5.88 Å². The molecule has 102 valence electrons. The first-order chi connectivity index (χ1) is 8.63. The Kier molecular flexibility index (Phi) is 6.43. The third-order valence-corrected chi connectivity index (χ3v) is 2.58. The van der Waals surface area contributed by atoms with Gasteiger partial charge >= 0.3 is 0 Å². The summed E-state index contributed by atoms with van der Waals surface area (Å²) in [6, 6.07) is 3.08. The first-order valence-corrected chi connectivity index (χ1v) is 6.46. The lowest BCUT2D eigenvalue weighted by Crippen LogP contribution is -2.24. The smallest absolute Gasteiger partial charge is 0.266 e. The first kappa shape index (κ1) is 14.7. The van der Waals surface area contributed by atoms with Gasteiger partial charge in [0.1, 0.15) is 0 Å². The van der Waals surface area contributed by atoms with Gasteiger partial charge in [0.2, 0.25) is 5.88 Å². The monoisotopic (exact) mass is 253 g/mol. The van der Waals surface area contributed by atoms with Crippen LogP contribution >= 0.6 is 0 Å².